The Morgan fingerprint density at radius 1 is 1.25 bits per heavy atom. The molecule has 32 heavy (non-hydrogen) atoms. The quantitative estimate of drug-likeness (QED) is 0.536. The van der Waals surface area contributed by atoms with Crippen molar-refractivity contribution in [2.75, 3.05) is 16.8 Å². The number of hydrogen-bond acceptors (Lipinski definition) is 4. The van der Waals surface area contributed by atoms with Crippen LogP contribution in [0.25, 0.3) is 11.1 Å². The van der Waals surface area contributed by atoms with Crippen LogP contribution in [0.15, 0.2) is 61.2 Å². The van der Waals surface area contributed by atoms with Crippen LogP contribution in [0.5, 0.6) is 0 Å². The van der Waals surface area contributed by atoms with Gasteiger partial charge in [-0.1, -0.05) is 48.0 Å². The minimum atomic E-state index is -1.34. The third-order valence-corrected chi connectivity index (χ3v) is 7.45. The van der Waals surface area contributed by atoms with Gasteiger partial charge in [-0.15, -0.1) is 17.9 Å². The van der Waals surface area contributed by atoms with Crippen LogP contribution in [0.3, 0.4) is 0 Å². The molecule has 0 saturated carbocycles. The molecule has 1 atom stereocenters. The van der Waals surface area contributed by atoms with Gasteiger partial charge in [0.05, 0.1) is 17.0 Å². The average Bonchev–Trinajstić information content (AvgIpc) is 3.26. The lowest BCUT2D eigenvalue weighted by molar-refractivity contribution is -0.126. The summed E-state index contributed by atoms with van der Waals surface area (Å²) in [6, 6.07) is 14.1. The average molecular weight is 465 g/mol. The van der Waals surface area contributed by atoms with Crippen molar-refractivity contribution in [1.82, 2.24) is 0 Å². The number of carbonyl (C=O) groups excluding carboxylic acids is 2. The van der Waals surface area contributed by atoms with E-state index in [-0.39, 0.29) is 29.7 Å². The Balaban J connectivity index is 1.86. The van der Waals surface area contributed by atoms with Crippen molar-refractivity contribution in [2.45, 2.75) is 11.8 Å². The number of nitrogens with zero attached hydrogens (tertiary/aromatic N) is 1. The summed E-state index contributed by atoms with van der Waals surface area (Å²) in [5, 5.41) is 13.3. The second-order valence-corrected chi connectivity index (χ2v) is 9.13. The molecular weight excluding hydrogens is 448 g/mol. The summed E-state index contributed by atoms with van der Waals surface area (Å²) < 4.78 is 0. The third-order valence-electron chi connectivity index (χ3n) is 5.87. The van der Waals surface area contributed by atoms with Gasteiger partial charge >= 0.3 is 5.97 Å². The van der Waals surface area contributed by atoms with Crippen LogP contribution in [0, 0.1) is 0 Å². The fourth-order valence-electron chi connectivity index (χ4n) is 4.63. The van der Waals surface area contributed by atoms with Crippen LogP contribution in [-0.4, -0.2) is 29.4 Å². The van der Waals surface area contributed by atoms with Crippen molar-refractivity contribution in [3.63, 3.8) is 0 Å². The Hall–Kier alpha value is -3.42. The zero-order chi connectivity index (χ0) is 22.6. The van der Waals surface area contributed by atoms with Crippen LogP contribution in [0.1, 0.15) is 26.5 Å². The summed E-state index contributed by atoms with van der Waals surface area (Å²) in [5.74, 6) is -1.76. The molecular formula is C24H17ClN2O4S. The summed E-state index contributed by atoms with van der Waals surface area (Å²) in [6.07, 6.45) is 1.49. The molecule has 2 amide bonds. The molecule has 1 aromatic heterocycles. The van der Waals surface area contributed by atoms with E-state index in [0.717, 1.165) is 11.3 Å². The first-order chi connectivity index (χ1) is 15.4. The van der Waals surface area contributed by atoms with Crippen molar-refractivity contribution in [3.8, 4) is 11.1 Å². The zero-order valence-corrected chi connectivity index (χ0v) is 18.3. The van der Waals surface area contributed by atoms with Crippen molar-refractivity contribution in [2.24, 2.45) is 0 Å². The molecule has 0 unspecified atom stereocenters. The largest absolute Gasteiger partial charge is 0.477 e. The standard InChI is InChI=1S/C24H17ClN2O4S/c1-2-10-27-16-9-8-14(25)11-15(16)24(23(27)31)12-17(28)26-19-18(13-6-4-3-5-7-13)20(22(29)30)32-21(19)24/h2-9,11H,1,10,12H2,(H,26,28)(H,29,30)/t24-/m1/s1. The number of anilines is 2. The molecule has 0 bridgehead atoms. The van der Waals surface area contributed by atoms with Crippen molar-refractivity contribution in [1.29, 1.82) is 0 Å². The first-order valence-electron chi connectivity index (χ1n) is 9.87. The summed E-state index contributed by atoms with van der Waals surface area (Å²) >= 11 is 7.33. The Labute approximate surface area is 192 Å². The lowest BCUT2D eigenvalue weighted by Gasteiger charge is -2.32. The molecule has 5 rings (SSSR count). The molecule has 8 heteroatoms. The molecule has 1 spiro atoms. The van der Waals surface area contributed by atoms with Crippen LogP contribution in [0.2, 0.25) is 5.02 Å². The van der Waals surface area contributed by atoms with Crippen LogP contribution >= 0.6 is 22.9 Å². The topological polar surface area (TPSA) is 86.7 Å². The lowest BCUT2D eigenvalue weighted by atomic mass is 9.74. The monoisotopic (exact) mass is 464 g/mol. The van der Waals surface area contributed by atoms with E-state index in [2.05, 4.69) is 11.9 Å². The van der Waals surface area contributed by atoms with Gasteiger partial charge in [0.25, 0.3) is 0 Å². The molecule has 2 aromatic carbocycles. The molecule has 0 fully saturated rings. The van der Waals surface area contributed by atoms with E-state index in [9.17, 15) is 19.5 Å². The second kappa shape index (κ2) is 7.32. The SMILES string of the molecule is C=CCN1C(=O)[C@]2(CC(=O)Nc3c2sc(C(=O)O)c3-c2ccccc2)c2cc(Cl)ccc21. The van der Waals surface area contributed by atoms with Gasteiger partial charge in [0.1, 0.15) is 10.3 Å². The number of carboxylic acids is 1. The highest BCUT2D eigenvalue weighted by atomic mass is 35.5. The maximum absolute atomic E-state index is 13.9. The van der Waals surface area contributed by atoms with E-state index in [1.54, 1.807) is 53.4 Å². The van der Waals surface area contributed by atoms with Gasteiger partial charge in [-0.05, 0) is 29.3 Å². The van der Waals surface area contributed by atoms with E-state index in [4.69, 9.17) is 11.6 Å². The van der Waals surface area contributed by atoms with Crippen molar-refractivity contribution in [3.05, 3.63) is 81.5 Å². The number of nitrogens with one attached hydrogen (secondary N) is 1. The highest BCUT2D eigenvalue weighted by Crippen LogP contribution is 2.57. The highest BCUT2D eigenvalue weighted by Gasteiger charge is 2.57. The fourth-order valence-corrected chi connectivity index (χ4v) is 6.11. The van der Waals surface area contributed by atoms with Crippen LogP contribution < -0.4 is 10.2 Å². The van der Waals surface area contributed by atoms with Crippen molar-refractivity contribution < 1.29 is 19.5 Å². The second-order valence-electron chi connectivity index (χ2n) is 7.68. The first kappa shape index (κ1) is 20.5. The zero-order valence-electron chi connectivity index (χ0n) is 16.7. The molecule has 3 aromatic rings. The lowest BCUT2D eigenvalue weighted by Crippen LogP contribution is -2.46. The number of hydrogen-bond donors (Lipinski definition) is 2. The van der Waals surface area contributed by atoms with Gasteiger partial charge in [0.15, 0.2) is 0 Å². The molecule has 2 N–H and O–H groups in total. The molecule has 3 heterocycles. The molecule has 2 aliphatic heterocycles. The number of carbonyl (C=O) groups is 3. The van der Waals surface area contributed by atoms with Gasteiger partial charge in [-0.2, -0.15) is 0 Å². The van der Waals surface area contributed by atoms with Gasteiger partial charge in [-0.25, -0.2) is 4.79 Å². The molecule has 2 aliphatic rings. The number of rotatable bonds is 4. The summed E-state index contributed by atoms with van der Waals surface area (Å²) in [7, 11) is 0. The summed E-state index contributed by atoms with van der Waals surface area (Å²) in [4.78, 5) is 41.2. The van der Waals surface area contributed by atoms with E-state index in [1.807, 2.05) is 6.07 Å². The number of benzene rings is 2. The minimum Gasteiger partial charge on any atom is -0.477 e. The van der Waals surface area contributed by atoms with E-state index < -0.39 is 11.4 Å². The first-order valence-corrected chi connectivity index (χ1v) is 11.1. The molecule has 6 nitrogen and oxygen atoms in total. The predicted octanol–water partition coefficient (Wildman–Crippen LogP) is 4.93. The maximum atomic E-state index is 13.9. The van der Waals surface area contributed by atoms with E-state index >= 15 is 0 Å². The fraction of sp³-hybridized carbons (Fsp3) is 0.125. The Kier molecular flexibility index (Phi) is 4.69. The molecule has 0 aliphatic carbocycles. The van der Waals surface area contributed by atoms with E-state index in [1.165, 1.54) is 0 Å². The van der Waals surface area contributed by atoms with Gasteiger partial charge < -0.3 is 15.3 Å². The van der Waals surface area contributed by atoms with Gasteiger partial charge in [0.2, 0.25) is 11.8 Å². The number of fused-ring (bicyclic) bond motifs is 4. The molecule has 160 valence electrons. The summed E-state index contributed by atoms with van der Waals surface area (Å²) in [6.45, 7) is 4.01. The number of aromatic carboxylic acids is 1. The molecule has 0 saturated heterocycles. The van der Waals surface area contributed by atoms with E-state index in [0.29, 0.717) is 38.0 Å². The number of amides is 2. The van der Waals surface area contributed by atoms with Crippen molar-refractivity contribution >= 4 is 52.1 Å². The number of thiophene rings is 1. The van der Waals surface area contributed by atoms with Gasteiger partial charge in [-0.3, -0.25) is 9.59 Å². The maximum Gasteiger partial charge on any atom is 0.346 e. The normalized spacial score (nSPS) is 19.0. The summed E-state index contributed by atoms with van der Waals surface area (Å²) in [5.41, 5.74) is 1.33. The third kappa shape index (κ3) is 2.75. The van der Waals surface area contributed by atoms with Gasteiger partial charge in [0, 0.05) is 22.8 Å². The Morgan fingerprint density at radius 3 is 2.69 bits per heavy atom. The highest BCUT2D eigenvalue weighted by molar-refractivity contribution is 7.15. The Morgan fingerprint density at radius 2 is 2.00 bits per heavy atom. The predicted molar refractivity (Wildman–Crippen MR) is 125 cm³/mol. The minimum absolute atomic E-state index is 0.0707. The molecule has 0 radical (unpaired) electrons. The number of carboxylic acid groups (broad SMARTS) is 1. The Bertz CT molecular complexity index is 1320. The van der Waals surface area contributed by atoms with Crippen LogP contribution in [-0.2, 0) is 15.0 Å². The smallest absolute Gasteiger partial charge is 0.346 e. The number of halogens is 1. The van der Waals surface area contributed by atoms with Crippen LogP contribution in [0.4, 0.5) is 11.4 Å².